The summed E-state index contributed by atoms with van der Waals surface area (Å²) in [5.41, 5.74) is 2.83. The molecular weight excluding hydrogens is 388 g/mol. The Morgan fingerprint density at radius 2 is 1.83 bits per heavy atom. The van der Waals surface area contributed by atoms with Crippen molar-refractivity contribution >= 4 is 33.7 Å². The topological polar surface area (TPSA) is 73.3 Å². The van der Waals surface area contributed by atoms with Gasteiger partial charge in [-0.25, -0.2) is 13.8 Å². The number of nitrogens with one attached hydrogen (secondary N) is 3. The molecule has 3 N–H and O–H groups in total. The van der Waals surface area contributed by atoms with Crippen LogP contribution in [0, 0.1) is 18.6 Å². The van der Waals surface area contributed by atoms with Crippen molar-refractivity contribution in [2.75, 3.05) is 23.3 Å². The first-order valence-electron chi connectivity index (χ1n) is 9.98. The van der Waals surface area contributed by atoms with Crippen LogP contribution in [0.1, 0.15) is 19.5 Å². The molecule has 0 spiro atoms. The fraction of sp³-hybridized carbons (Fsp3) is 0.333. The predicted octanol–water partition coefficient (Wildman–Crippen LogP) is 3.73. The summed E-state index contributed by atoms with van der Waals surface area (Å²) in [6.07, 6.45) is 3.43. The van der Waals surface area contributed by atoms with Gasteiger partial charge in [0.15, 0.2) is 17.3 Å². The standard InChI is InChI=1S/C21H23F2N7/c1-11-7-29(8-12(2)24-11)15-5-16(22)19-18(6-15)27-28-20(19)26-14-4-17(23)21-25-13(3)9-30(21)10-14/h4-6,9-12,24H,7-8H2,1-3H3,(H2,26,27,28)/t11-,12-/m1/s1. The lowest BCUT2D eigenvalue weighted by Gasteiger charge is -2.37. The van der Waals surface area contributed by atoms with E-state index in [0.717, 1.165) is 18.8 Å². The van der Waals surface area contributed by atoms with Crippen LogP contribution in [0.2, 0.25) is 0 Å². The number of imidazole rings is 1. The summed E-state index contributed by atoms with van der Waals surface area (Å²) in [7, 11) is 0. The third-order valence-corrected chi connectivity index (χ3v) is 5.41. The predicted molar refractivity (Wildman–Crippen MR) is 113 cm³/mol. The van der Waals surface area contributed by atoms with E-state index in [4.69, 9.17) is 0 Å². The second kappa shape index (κ2) is 6.94. The van der Waals surface area contributed by atoms with E-state index in [1.165, 1.54) is 12.1 Å². The molecular formula is C21H23F2N7. The van der Waals surface area contributed by atoms with E-state index in [1.807, 2.05) is 6.07 Å². The number of nitrogens with zero attached hydrogens (tertiary/aromatic N) is 4. The molecule has 2 atom stereocenters. The van der Waals surface area contributed by atoms with Crippen molar-refractivity contribution in [2.45, 2.75) is 32.9 Å². The Balaban J connectivity index is 1.49. The molecule has 0 amide bonds. The zero-order chi connectivity index (χ0) is 21.0. The molecule has 5 rings (SSSR count). The quantitative estimate of drug-likeness (QED) is 0.479. The van der Waals surface area contributed by atoms with Crippen LogP contribution in [-0.2, 0) is 0 Å². The molecule has 4 aromatic rings. The molecule has 3 aromatic heterocycles. The number of pyridine rings is 1. The molecule has 0 radical (unpaired) electrons. The van der Waals surface area contributed by atoms with Gasteiger partial charge in [-0.2, -0.15) is 5.10 Å². The van der Waals surface area contributed by atoms with Gasteiger partial charge in [-0.3, -0.25) is 5.10 Å². The summed E-state index contributed by atoms with van der Waals surface area (Å²) in [6, 6.07) is 5.42. The summed E-state index contributed by atoms with van der Waals surface area (Å²) in [5, 5.41) is 14.0. The van der Waals surface area contributed by atoms with Crippen molar-refractivity contribution in [3.8, 4) is 0 Å². The zero-order valence-corrected chi connectivity index (χ0v) is 17.0. The van der Waals surface area contributed by atoms with Crippen LogP contribution in [0.15, 0.2) is 30.6 Å². The number of hydrogen-bond acceptors (Lipinski definition) is 5. The van der Waals surface area contributed by atoms with Crippen molar-refractivity contribution < 1.29 is 8.78 Å². The Hall–Kier alpha value is -3.20. The van der Waals surface area contributed by atoms with Crippen LogP contribution in [0.25, 0.3) is 16.6 Å². The van der Waals surface area contributed by atoms with E-state index < -0.39 is 5.82 Å². The van der Waals surface area contributed by atoms with E-state index in [9.17, 15) is 4.39 Å². The summed E-state index contributed by atoms with van der Waals surface area (Å²) in [6.45, 7) is 7.64. The molecule has 1 aliphatic rings. The molecule has 1 saturated heterocycles. The van der Waals surface area contributed by atoms with Crippen LogP contribution in [0.3, 0.4) is 0 Å². The molecule has 7 nitrogen and oxygen atoms in total. The van der Waals surface area contributed by atoms with Crippen molar-refractivity contribution in [2.24, 2.45) is 0 Å². The number of benzene rings is 1. The number of aryl methyl sites for hydroxylation is 1. The van der Waals surface area contributed by atoms with Gasteiger partial charge >= 0.3 is 0 Å². The van der Waals surface area contributed by atoms with Gasteiger partial charge in [-0.05, 0) is 32.9 Å². The molecule has 0 unspecified atom stereocenters. The first-order chi connectivity index (χ1) is 14.4. The van der Waals surface area contributed by atoms with Gasteiger partial charge in [0.2, 0.25) is 0 Å². The van der Waals surface area contributed by atoms with Crippen LogP contribution in [0.5, 0.6) is 0 Å². The lowest BCUT2D eigenvalue weighted by atomic mass is 10.1. The van der Waals surface area contributed by atoms with Crippen molar-refractivity contribution in [1.82, 2.24) is 24.9 Å². The molecule has 9 heteroatoms. The maximum absolute atomic E-state index is 15.1. The summed E-state index contributed by atoms with van der Waals surface area (Å²) >= 11 is 0. The van der Waals surface area contributed by atoms with Gasteiger partial charge < -0.3 is 19.9 Å². The fourth-order valence-corrected chi connectivity index (χ4v) is 4.29. The molecule has 4 heterocycles. The normalized spacial score (nSPS) is 19.7. The Morgan fingerprint density at radius 1 is 1.07 bits per heavy atom. The van der Waals surface area contributed by atoms with Gasteiger partial charge in [0.1, 0.15) is 5.82 Å². The first-order valence-corrected chi connectivity index (χ1v) is 9.98. The van der Waals surface area contributed by atoms with Crippen molar-refractivity contribution in [1.29, 1.82) is 0 Å². The van der Waals surface area contributed by atoms with Crippen LogP contribution < -0.4 is 15.5 Å². The van der Waals surface area contributed by atoms with E-state index in [1.54, 1.807) is 23.7 Å². The van der Waals surface area contributed by atoms with Crippen molar-refractivity contribution in [3.05, 3.63) is 47.9 Å². The van der Waals surface area contributed by atoms with E-state index in [0.29, 0.717) is 40.2 Å². The minimum atomic E-state index is -0.461. The maximum atomic E-state index is 15.1. The van der Waals surface area contributed by atoms with E-state index in [-0.39, 0.29) is 11.5 Å². The van der Waals surface area contributed by atoms with Crippen LogP contribution in [0.4, 0.5) is 26.0 Å². The SMILES string of the molecule is Cc1cn2cc(Nc3n[nH]c4cc(N5C[C@@H](C)N[C@H](C)C5)cc(F)c34)cc(F)c2n1. The molecule has 0 bridgehead atoms. The summed E-state index contributed by atoms with van der Waals surface area (Å²) in [5.74, 6) is -0.526. The third kappa shape index (κ3) is 3.24. The second-order valence-electron chi connectivity index (χ2n) is 8.11. The number of piperazine rings is 1. The molecule has 1 aromatic carbocycles. The number of aromatic amines is 1. The molecule has 156 valence electrons. The number of fused-ring (bicyclic) bond motifs is 2. The highest BCUT2D eigenvalue weighted by Crippen LogP contribution is 2.31. The lowest BCUT2D eigenvalue weighted by molar-refractivity contribution is 0.407. The number of anilines is 3. The second-order valence-corrected chi connectivity index (χ2v) is 8.11. The number of rotatable bonds is 3. The lowest BCUT2D eigenvalue weighted by Crippen LogP contribution is -2.54. The van der Waals surface area contributed by atoms with Gasteiger partial charge in [-0.15, -0.1) is 0 Å². The van der Waals surface area contributed by atoms with E-state index in [2.05, 4.69) is 44.6 Å². The summed E-state index contributed by atoms with van der Waals surface area (Å²) < 4.78 is 31.1. The highest BCUT2D eigenvalue weighted by atomic mass is 19.1. The minimum absolute atomic E-state index is 0.250. The highest BCUT2D eigenvalue weighted by Gasteiger charge is 2.23. The Bertz CT molecular complexity index is 1240. The average molecular weight is 411 g/mol. The Labute approximate surface area is 172 Å². The molecule has 0 saturated carbocycles. The maximum Gasteiger partial charge on any atom is 0.173 e. The largest absolute Gasteiger partial charge is 0.368 e. The fourth-order valence-electron chi connectivity index (χ4n) is 4.29. The monoisotopic (exact) mass is 411 g/mol. The molecule has 1 aliphatic heterocycles. The van der Waals surface area contributed by atoms with Gasteiger partial charge in [0, 0.05) is 49.3 Å². The number of hydrogen-bond donors (Lipinski definition) is 3. The van der Waals surface area contributed by atoms with Crippen LogP contribution in [-0.4, -0.2) is 44.8 Å². The molecule has 1 fully saturated rings. The number of halogens is 2. The number of H-pyrrole nitrogens is 1. The van der Waals surface area contributed by atoms with Gasteiger partial charge in [0.05, 0.1) is 22.3 Å². The van der Waals surface area contributed by atoms with Crippen molar-refractivity contribution in [3.63, 3.8) is 0 Å². The first kappa shape index (κ1) is 18.8. The zero-order valence-electron chi connectivity index (χ0n) is 17.0. The molecule has 30 heavy (non-hydrogen) atoms. The molecule has 0 aliphatic carbocycles. The smallest absolute Gasteiger partial charge is 0.173 e. The minimum Gasteiger partial charge on any atom is -0.368 e. The number of aromatic nitrogens is 4. The van der Waals surface area contributed by atoms with Gasteiger partial charge in [-0.1, -0.05) is 0 Å². The summed E-state index contributed by atoms with van der Waals surface area (Å²) in [4.78, 5) is 6.32. The Kier molecular flexibility index (Phi) is 4.35. The van der Waals surface area contributed by atoms with Crippen LogP contribution >= 0.6 is 0 Å². The Morgan fingerprint density at radius 3 is 2.60 bits per heavy atom. The van der Waals surface area contributed by atoms with Gasteiger partial charge in [0.25, 0.3) is 0 Å². The third-order valence-electron chi connectivity index (χ3n) is 5.41. The highest BCUT2D eigenvalue weighted by molar-refractivity contribution is 5.94. The van der Waals surface area contributed by atoms with E-state index >= 15 is 4.39 Å². The average Bonchev–Trinajstić information content (AvgIpc) is 3.24.